The Morgan fingerprint density at radius 2 is 1.88 bits per heavy atom. The lowest BCUT2D eigenvalue weighted by Gasteiger charge is -2.13. The standard InChI is InChI=1S/C20H22N2O4/c1-22-12-15(14-6-4-5-7-16(14)22)17(23)11-21-20(24)13-8-9-18(25-2)19(10-13)26-3/h4-10,12,17,23H,11H2,1-3H3,(H,21,24). The third-order valence-electron chi connectivity index (χ3n) is 4.39. The van der Waals surface area contributed by atoms with Gasteiger partial charge in [-0.1, -0.05) is 18.2 Å². The Balaban J connectivity index is 1.73. The molecular formula is C20H22N2O4. The number of para-hydroxylation sites is 1. The smallest absolute Gasteiger partial charge is 0.251 e. The molecule has 6 heteroatoms. The number of methoxy groups -OCH3 is 2. The Bertz CT molecular complexity index is 933. The molecule has 0 aliphatic rings. The minimum Gasteiger partial charge on any atom is -0.493 e. The summed E-state index contributed by atoms with van der Waals surface area (Å²) in [5.41, 5.74) is 2.26. The zero-order valence-corrected chi connectivity index (χ0v) is 15.0. The number of aliphatic hydroxyl groups excluding tert-OH is 1. The maximum Gasteiger partial charge on any atom is 0.251 e. The van der Waals surface area contributed by atoms with E-state index in [1.807, 2.05) is 42.1 Å². The van der Waals surface area contributed by atoms with Gasteiger partial charge >= 0.3 is 0 Å². The van der Waals surface area contributed by atoms with Gasteiger partial charge in [-0.2, -0.15) is 0 Å². The van der Waals surface area contributed by atoms with Crippen LogP contribution in [0.2, 0.25) is 0 Å². The van der Waals surface area contributed by atoms with Crippen molar-refractivity contribution in [1.29, 1.82) is 0 Å². The average molecular weight is 354 g/mol. The van der Waals surface area contributed by atoms with E-state index in [9.17, 15) is 9.90 Å². The number of nitrogens with zero attached hydrogens (tertiary/aromatic N) is 1. The van der Waals surface area contributed by atoms with E-state index in [1.165, 1.54) is 14.2 Å². The topological polar surface area (TPSA) is 72.7 Å². The first-order valence-corrected chi connectivity index (χ1v) is 8.27. The molecule has 0 saturated carbocycles. The van der Waals surface area contributed by atoms with Gasteiger partial charge in [0, 0.05) is 41.8 Å². The first kappa shape index (κ1) is 17.8. The van der Waals surface area contributed by atoms with E-state index in [0.29, 0.717) is 17.1 Å². The third kappa shape index (κ3) is 3.36. The van der Waals surface area contributed by atoms with Crippen LogP contribution in [0.5, 0.6) is 11.5 Å². The molecule has 136 valence electrons. The maximum atomic E-state index is 12.4. The number of nitrogens with one attached hydrogen (secondary N) is 1. The Labute approximate surface area is 152 Å². The van der Waals surface area contributed by atoms with Crippen LogP contribution in [0.1, 0.15) is 22.0 Å². The van der Waals surface area contributed by atoms with Crippen LogP contribution >= 0.6 is 0 Å². The molecule has 26 heavy (non-hydrogen) atoms. The van der Waals surface area contributed by atoms with Gasteiger partial charge in [-0.15, -0.1) is 0 Å². The summed E-state index contributed by atoms with van der Waals surface area (Å²) in [6.45, 7) is 0.112. The highest BCUT2D eigenvalue weighted by atomic mass is 16.5. The maximum absolute atomic E-state index is 12.4. The summed E-state index contributed by atoms with van der Waals surface area (Å²) in [6, 6.07) is 12.8. The van der Waals surface area contributed by atoms with Crippen molar-refractivity contribution in [3.05, 3.63) is 59.8 Å². The molecule has 2 aromatic carbocycles. The predicted octanol–water partition coefficient (Wildman–Crippen LogP) is 2.66. The number of carbonyl (C=O) groups is 1. The SMILES string of the molecule is COc1ccc(C(=O)NCC(O)c2cn(C)c3ccccc23)cc1OC. The summed E-state index contributed by atoms with van der Waals surface area (Å²) in [5.74, 6) is 0.750. The molecule has 1 aromatic heterocycles. The van der Waals surface area contributed by atoms with Crippen molar-refractivity contribution in [3.63, 3.8) is 0 Å². The molecule has 1 unspecified atom stereocenters. The zero-order chi connectivity index (χ0) is 18.7. The van der Waals surface area contributed by atoms with Crippen molar-refractivity contribution >= 4 is 16.8 Å². The highest BCUT2D eigenvalue weighted by Gasteiger charge is 2.17. The van der Waals surface area contributed by atoms with Gasteiger partial charge in [-0.3, -0.25) is 4.79 Å². The molecule has 3 rings (SSSR count). The van der Waals surface area contributed by atoms with E-state index in [0.717, 1.165) is 16.5 Å². The van der Waals surface area contributed by atoms with Gasteiger partial charge in [-0.25, -0.2) is 0 Å². The lowest BCUT2D eigenvalue weighted by Crippen LogP contribution is -2.28. The Kier molecular flexibility index (Phi) is 5.14. The van der Waals surface area contributed by atoms with Crippen LogP contribution in [-0.2, 0) is 7.05 Å². The van der Waals surface area contributed by atoms with Crippen LogP contribution in [0, 0.1) is 0 Å². The van der Waals surface area contributed by atoms with E-state index in [-0.39, 0.29) is 12.5 Å². The monoisotopic (exact) mass is 354 g/mol. The molecule has 2 N–H and O–H groups in total. The van der Waals surface area contributed by atoms with Gasteiger partial charge in [0.2, 0.25) is 0 Å². The van der Waals surface area contributed by atoms with Crippen molar-refractivity contribution in [2.24, 2.45) is 7.05 Å². The minimum atomic E-state index is -0.801. The van der Waals surface area contributed by atoms with Gasteiger partial charge in [0.15, 0.2) is 11.5 Å². The second-order valence-electron chi connectivity index (χ2n) is 6.01. The van der Waals surface area contributed by atoms with Crippen LogP contribution < -0.4 is 14.8 Å². The van der Waals surface area contributed by atoms with Crippen molar-refractivity contribution in [3.8, 4) is 11.5 Å². The molecule has 0 aliphatic heterocycles. The predicted molar refractivity (Wildman–Crippen MR) is 99.8 cm³/mol. The first-order chi connectivity index (χ1) is 12.5. The van der Waals surface area contributed by atoms with E-state index < -0.39 is 6.10 Å². The molecule has 0 fully saturated rings. The molecule has 1 amide bonds. The van der Waals surface area contributed by atoms with Crippen molar-refractivity contribution in [1.82, 2.24) is 9.88 Å². The first-order valence-electron chi connectivity index (χ1n) is 8.27. The van der Waals surface area contributed by atoms with Gasteiger partial charge in [0.05, 0.1) is 20.3 Å². The number of aromatic nitrogens is 1. The number of benzene rings is 2. The van der Waals surface area contributed by atoms with Crippen molar-refractivity contribution in [2.75, 3.05) is 20.8 Å². The molecule has 0 spiro atoms. The second kappa shape index (κ2) is 7.49. The van der Waals surface area contributed by atoms with Crippen LogP contribution in [0.25, 0.3) is 10.9 Å². The highest BCUT2D eigenvalue weighted by Crippen LogP contribution is 2.28. The number of carbonyl (C=O) groups excluding carboxylic acids is 1. The number of aryl methyl sites for hydroxylation is 1. The summed E-state index contributed by atoms with van der Waals surface area (Å²) in [4.78, 5) is 12.4. The minimum absolute atomic E-state index is 0.112. The van der Waals surface area contributed by atoms with E-state index in [4.69, 9.17) is 9.47 Å². The lowest BCUT2D eigenvalue weighted by molar-refractivity contribution is 0.0916. The number of amides is 1. The Morgan fingerprint density at radius 3 is 2.62 bits per heavy atom. The van der Waals surface area contributed by atoms with Crippen molar-refractivity contribution in [2.45, 2.75) is 6.10 Å². The molecule has 3 aromatic rings. The van der Waals surface area contributed by atoms with Crippen LogP contribution in [0.4, 0.5) is 0 Å². The number of aliphatic hydroxyl groups is 1. The number of rotatable bonds is 6. The fourth-order valence-electron chi connectivity index (χ4n) is 3.02. The molecule has 0 aliphatic carbocycles. The van der Waals surface area contributed by atoms with Gasteiger partial charge in [0.25, 0.3) is 5.91 Å². The Morgan fingerprint density at radius 1 is 1.15 bits per heavy atom. The summed E-state index contributed by atoms with van der Waals surface area (Å²) < 4.78 is 12.3. The number of fused-ring (bicyclic) bond motifs is 1. The molecule has 1 heterocycles. The molecule has 0 radical (unpaired) electrons. The molecule has 0 bridgehead atoms. The third-order valence-corrected chi connectivity index (χ3v) is 4.39. The quantitative estimate of drug-likeness (QED) is 0.714. The van der Waals surface area contributed by atoms with Crippen LogP contribution in [0.3, 0.4) is 0 Å². The number of hydrogen-bond donors (Lipinski definition) is 2. The van der Waals surface area contributed by atoms with E-state index >= 15 is 0 Å². The molecular weight excluding hydrogens is 332 g/mol. The second-order valence-corrected chi connectivity index (χ2v) is 6.01. The number of hydrogen-bond acceptors (Lipinski definition) is 4. The van der Waals surface area contributed by atoms with Gasteiger partial charge < -0.3 is 24.5 Å². The summed E-state index contributed by atoms with van der Waals surface area (Å²) >= 11 is 0. The zero-order valence-electron chi connectivity index (χ0n) is 15.0. The van der Waals surface area contributed by atoms with Gasteiger partial charge in [-0.05, 0) is 24.3 Å². The summed E-state index contributed by atoms with van der Waals surface area (Å²) in [7, 11) is 4.99. The summed E-state index contributed by atoms with van der Waals surface area (Å²) in [5, 5.41) is 14.3. The molecule has 1 atom stereocenters. The van der Waals surface area contributed by atoms with Crippen LogP contribution in [-0.4, -0.2) is 36.3 Å². The van der Waals surface area contributed by atoms with Gasteiger partial charge in [0.1, 0.15) is 0 Å². The fourth-order valence-corrected chi connectivity index (χ4v) is 3.02. The van der Waals surface area contributed by atoms with E-state index in [2.05, 4.69) is 5.32 Å². The van der Waals surface area contributed by atoms with E-state index in [1.54, 1.807) is 18.2 Å². The normalized spacial score (nSPS) is 12.0. The lowest BCUT2D eigenvalue weighted by atomic mass is 10.1. The molecule has 0 saturated heterocycles. The highest BCUT2D eigenvalue weighted by molar-refractivity contribution is 5.95. The van der Waals surface area contributed by atoms with Crippen molar-refractivity contribution < 1.29 is 19.4 Å². The average Bonchev–Trinajstić information content (AvgIpc) is 3.02. The van der Waals surface area contributed by atoms with Crippen LogP contribution in [0.15, 0.2) is 48.7 Å². The fraction of sp³-hybridized carbons (Fsp3) is 0.250. The molecule has 6 nitrogen and oxygen atoms in total. The Hall–Kier alpha value is -2.99. The largest absolute Gasteiger partial charge is 0.493 e. The summed E-state index contributed by atoms with van der Waals surface area (Å²) in [6.07, 6.45) is 1.09. The number of ether oxygens (including phenoxy) is 2.